The zero-order valence-electron chi connectivity index (χ0n) is 14.8. The number of nitrogens with one attached hydrogen (secondary N) is 1. The van der Waals surface area contributed by atoms with E-state index in [0.717, 1.165) is 42.4 Å². The SMILES string of the molecule is O=CN1CC2(CC2)C[C@H]1[C@H](Nc1ccc(C(F)(F)F)cn1)c1ncccc1Br. The third-order valence-electron chi connectivity index (χ3n) is 5.54. The number of carbonyl (C=O) groups is 1. The number of hydrogen-bond donors (Lipinski definition) is 1. The molecule has 5 nitrogen and oxygen atoms in total. The van der Waals surface area contributed by atoms with E-state index in [0.29, 0.717) is 18.1 Å². The van der Waals surface area contributed by atoms with Crippen molar-refractivity contribution < 1.29 is 18.0 Å². The number of carbonyl (C=O) groups excluding carboxylic acids is 1. The minimum atomic E-state index is -4.44. The van der Waals surface area contributed by atoms with Gasteiger partial charge in [-0.15, -0.1) is 0 Å². The molecule has 2 aliphatic rings. The van der Waals surface area contributed by atoms with Gasteiger partial charge < -0.3 is 10.2 Å². The average molecular weight is 455 g/mol. The summed E-state index contributed by atoms with van der Waals surface area (Å²) < 4.78 is 39.2. The van der Waals surface area contributed by atoms with E-state index >= 15 is 0 Å². The topological polar surface area (TPSA) is 58.1 Å². The molecule has 2 atom stereocenters. The second-order valence-electron chi connectivity index (χ2n) is 7.47. The Labute approximate surface area is 168 Å². The summed E-state index contributed by atoms with van der Waals surface area (Å²) >= 11 is 3.50. The number of halogens is 4. The van der Waals surface area contributed by atoms with Gasteiger partial charge in [0.25, 0.3) is 0 Å². The summed E-state index contributed by atoms with van der Waals surface area (Å²) in [5.74, 6) is 0.304. The van der Waals surface area contributed by atoms with Gasteiger partial charge in [-0.05, 0) is 64.9 Å². The number of aromatic nitrogens is 2. The van der Waals surface area contributed by atoms with Crippen LogP contribution in [0.15, 0.2) is 41.1 Å². The number of alkyl halides is 3. The first kappa shape index (κ1) is 19.2. The Hall–Kier alpha value is -2.16. The molecule has 1 aliphatic heterocycles. The molecule has 0 bridgehead atoms. The first-order valence-electron chi connectivity index (χ1n) is 8.93. The maximum Gasteiger partial charge on any atom is 0.417 e. The molecule has 1 spiro atoms. The summed E-state index contributed by atoms with van der Waals surface area (Å²) in [6.45, 7) is 0.699. The zero-order valence-corrected chi connectivity index (χ0v) is 16.4. The molecule has 148 valence electrons. The van der Waals surface area contributed by atoms with Gasteiger partial charge in [0.05, 0.1) is 23.3 Å². The first-order valence-corrected chi connectivity index (χ1v) is 9.72. The summed E-state index contributed by atoms with van der Waals surface area (Å²) in [6, 6.07) is 5.38. The molecule has 28 heavy (non-hydrogen) atoms. The monoisotopic (exact) mass is 454 g/mol. The molecule has 1 amide bonds. The maximum atomic E-state index is 12.8. The predicted octanol–water partition coefficient (Wildman–Crippen LogP) is 4.42. The van der Waals surface area contributed by atoms with Gasteiger partial charge in [-0.1, -0.05) is 0 Å². The summed E-state index contributed by atoms with van der Waals surface area (Å²) in [7, 11) is 0. The van der Waals surface area contributed by atoms with E-state index in [1.807, 2.05) is 6.07 Å². The van der Waals surface area contributed by atoms with Crippen molar-refractivity contribution in [3.05, 3.63) is 52.4 Å². The third kappa shape index (κ3) is 3.72. The Morgan fingerprint density at radius 2 is 2.07 bits per heavy atom. The maximum absolute atomic E-state index is 12.8. The Morgan fingerprint density at radius 1 is 1.29 bits per heavy atom. The van der Waals surface area contributed by atoms with Crippen molar-refractivity contribution in [1.29, 1.82) is 0 Å². The summed E-state index contributed by atoms with van der Waals surface area (Å²) in [5.41, 5.74) is 0.0556. The fraction of sp³-hybridized carbons (Fsp3) is 0.421. The minimum absolute atomic E-state index is 0.157. The molecular weight excluding hydrogens is 437 g/mol. The number of hydrogen-bond acceptors (Lipinski definition) is 4. The second kappa shape index (κ2) is 7.02. The lowest BCUT2D eigenvalue weighted by molar-refractivity contribution is -0.137. The molecule has 0 aromatic carbocycles. The van der Waals surface area contributed by atoms with E-state index in [1.165, 1.54) is 6.07 Å². The van der Waals surface area contributed by atoms with Gasteiger partial charge in [0.1, 0.15) is 5.82 Å². The first-order chi connectivity index (χ1) is 13.3. The fourth-order valence-corrected chi connectivity index (χ4v) is 4.38. The fourth-order valence-electron chi connectivity index (χ4n) is 3.87. The van der Waals surface area contributed by atoms with Crippen molar-refractivity contribution in [2.75, 3.05) is 11.9 Å². The van der Waals surface area contributed by atoms with E-state index in [4.69, 9.17) is 0 Å². The van der Waals surface area contributed by atoms with Gasteiger partial charge in [-0.3, -0.25) is 9.78 Å². The number of nitrogens with zero attached hydrogens (tertiary/aromatic N) is 3. The second-order valence-corrected chi connectivity index (χ2v) is 8.33. The highest BCUT2D eigenvalue weighted by Gasteiger charge is 2.54. The van der Waals surface area contributed by atoms with Gasteiger partial charge in [0.15, 0.2) is 0 Å². The molecule has 0 unspecified atom stereocenters. The van der Waals surface area contributed by atoms with Crippen LogP contribution in [-0.2, 0) is 11.0 Å². The molecule has 0 radical (unpaired) electrons. The van der Waals surface area contributed by atoms with Crippen LogP contribution >= 0.6 is 15.9 Å². The highest BCUT2D eigenvalue weighted by Crippen LogP contribution is 2.56. The molecule has 3 heterocycles. The van der Waals surface area contributed by atoms with Crippen molar-refractivity contribution in [3.63, 3.8) is 0 Å². The number of pyridine rings is 2. The molecular formula is C19H18BrF3N4O. The lowest BCUT2D eigenvalue weighted by Gasteiger charge is -2.30. The Bertz CT molecular complexity index is 870. The van der Waals surface area contributed by atoms with Crippen LogP contribution in [0.4, 0.5) is 19.0 Å². The molecule has 4 rings (SSSR count). The normalized spacial score (nSPS) is 21.6. The summed E-state index contributed by atoms with van der Waals surface area (Å²) in [5, 5.41) is 3.22. The lowest BCUT2D eigenvalue weighted by atomic mass is 9.96. The van der Waals surface area contributed by atoms with Crippen LogP contribution in [0.1, 0.15) is 36.6 Å². The van der Waals surface area contributed by atoms with E-state index < -0.39 is 17.8 Å². The van der Waals surface area contributed by atoms with Crippen molar-refractivity contribution in [2.45, 2.75) is 37.5 Å². The molecule has 1 aliphatic carbocycles. The molecule has 1 N–H and O–H groups in total. The van der Waals surface area contributed by atoms with Crippen LogP contribution < -0.4 is 5.32 Å². The molecule has 9 heteroatoms. The zero-order chi connectivity index (χ0) is 19.9. The highest BCUT2D eigenvalue weighted by atomic mass is 79.9. The minimum Gasteiger partial charge on any atom is -0.360 e. The van der Waals surface area contributed by atoms with Crippen molar-refractivity contribution in [3.8, 4) is 0 Å². The van der Waals surface area contributed by atoms with Gasteiger partial charge in [-0.25, -0.2) is 4.98 Å². The standard InChI is InChI=1S/C19H18BrF3N4O/c20-13-2-1-7-24-16(13)17(14-8-18(5-6-18)10-27(14)11-28)26-15-4-3-12(9-25-15)19(21,22)23/h1-4,7,9,11,14,17H,5-6,8,10H2,(H,25,26)/t14-,17-/m0/s1. The van der Waals surface area contributed by atoms with E-state index in [2.05, 4.69) is 31.2 Å². The van der Waals surface area contributed by atoms with Crippen LogP contribution in [0.25, 0.3) is 0 Å². The molecule has 2 fully saturated rings. The van der Waals surface area contributed by atoms with Gasteiger partial charge in [0.2, 0.25) is 6.41 Å². The molecule has 2 aromatic rings. The van der Waals surface area contributed by atoms with Crippen LogP contribution in [0.2, 0.25) is 0 Å². The van der Waals surface area contributed by atoms with Crippen molar-refractivity contribution >= 4 is 28.2 Å². The van der Waals surface area contributed by atoms with Gasteiger partial charge >= 0.3 is 6.18 Å². The number of rotatable bonds is 5. The average Bonchev–Trinajstić information content (AvgIpc) is 3.31. The smallest absolute Gasteiger partial charge is 0.360 e. The Kier molecular flexibility index (Phi) is 4.81. The third-order valence-corrected chi connectivity index (χ3v) is 6.21. The van der Waals surface area contributed by atoms with Crippen molar-refractivity contribution in [1.82, 2.24) is 14.9 Å². The molecule has 2 aromatic heterocycles. The Morgan fingerprint density at radius 3 is 2.64 bits per heavy atom. The van der Waals surface area contributed by atoms with Crippen LogP contribution in [-0.4, -0.2) is 33.9 Å². The van der Waals surface area contributed by atoms with E-state index in [1.54, 1.807) is 17.2 Å². The quantitative estimate of drug-likeness (QED) is 0.679. The lowest BCUT2D eigenvalue weighted by Crippen LogP contribution is -2.37. The van der Waals surface area contributed by atoms with Gasteiger partial charge in [0, 0.05) is 23.4 Å². The summed E-state index contributed by atoms with van der Waals surface area (Å²) in [6.07, 6.45) is 1.87. The number of anilines is 1. The molecule has 1 saturated heterocycles. The van der Waals surface area contributed by atoms with Crippen LogP contribution in [0, 0.1) is 5.41 Å². The van der Waals surface area contributed by atoms with E-state index in [9.17, 15) is 18.0 Å². The van der Waals surface area contributed by atoms with E-state index in [-0.39, 0.29) is 11.5 Å². The summed E-state index contributed by atoms with van der Waals surface area (Å²) in [4.78, 5) is 21.8. The van der Waals surface area contributed by atoms with Crippen LogP contribution in [0.3, 0.4) is 0 Å². The number of amides is 1. The highest BCUT2D eigenvalue weighted by molar-refractivity contribution is 9.10. The van der Waals surface area contributed by atoms with Crippen LogP contribution in [0.5, 0.6) is 0 Å². The predicted molar refractivity (Wildman–Crippen MR) is 100 cm³/mol. The Balaban J connectivity index is 1.66. The molecule has 1 saturated carbocycles. The van der Waals surface area contributed by atoms with Crippen molar-refractivity contribution in [2.24, 2.45) is 5.41 Å². The number of likely N-dealkylation sites (tertiary alicyclic amines) is 1. The largest absolute Gasteiger partial charge is 0.417 e. The van der Waals surface area contributed by atoms with Gasteiger partial charge in [-0.2, -0.15) is 13.2 Å².